The lowest BCUT2D eigenvalue weighted by Crippen LogP contribution is -2.39. The lowest BCUT2D eigenvalue weighted by molar-refractivity contribution is 0.0943. The summed E-state index contributed by atoms with van der Waals surface area (Å²) in [4.78, 5) is 19.0. The number of carbonyl (C=O) groups is 1. The van der Waals surface area contributed by atoms with Crippen LogP contribution >= 0.6 is 15.9 Å². The van der Waals surface area contributed by atoms with E-state index in [1.807, 2.05) is 12.1 Å². The number of nitriles is 1. The molecular formula is C20H21BrN4O2. The van der Waals surface area contributed by atoms with Crippen LogP contribution in [0.1, 0.15) is 28.8 Å². The Labute approximate surface area is 167 Å². The summed E-state index contributed by atoms with van der Waals surface area (Å²) >= 11 is 3.42. The maximum Gasteiger partial charge on any atom is 0.252 e. The first-order chi connectivity index (χ1) is 13.1. The molecule has 0 spiro atoms. The fourth-order valence-corrected chi connectivity index (χ4v) is 3.65. The van der Waals surface area contributed by atoms with Gasteiger partial charge >= 0.3 is 0 Å². The topological polar surface area (TPSA) is 78.2 Å². The lowest BCUT2D eigenvalue weighted by Gasteiger charge is -2.33. The zero-order valence-corrected chi connectivity index (χ0v) is 16.7. The number of ether oxygens (including phenoxy) is 1. The molecule has 2 heterocycles. The molecule has 0 atom stereocenters. The molecule has 6 nitrogen and oxygen atoms in total. The standard InChI is InChI=1S/C20H21BrN4O2/c1-27-16-4-5-18(21)17(11-16)20(26)24-13-14-6-9-25(10-7-14)19-15(12-22)3-2-8-23-19/h2-5,8,11,14H,6-7,9-10,13H2,1H3,(H,24,26). The van der Waals surface area contributed by atoms with Gasteiger partial charge in [0, 0.05) is 30.3 Å². The van der Waals surface area contributed by atoms with E-state index in [1.54, 1.807) is 31.5 Å². The zero-order chi connectivity index (χ0) is 19.2. The van der Waals surface area contributed by atoms with Gasteiger partial charge in [-0.2, -0.15) is 5.26 Å². The lowest BCUT2D eigenvalue weighted by atomic mass is 9.96. The largest absolute Gasteiger partial charge is 0.497 e. The Morgan fingerprint density at radius 1 is 1.41 bits per heavy atom. The number of benzene rings is 1. The maximum absolute atomic E-state index is 12.5. The SMILES string of the molecule is COc1ccc(Br)c(C(=O)NCC2CCN(c3ncccc3C#N)CC2)c1. The second-order valence-electron chi connectivity index (χ2n) is 6.47. The number of piperidine rings is 1. The molecule has 1 aromatic heterocycles. The molecule has 27 heavy (non-hydrogen) atoms. The molecule has 1 fully saturated rings. The van der Waals surface area contributed by atoms with Crippen molar-refractivity contribution in [3.8, 4) is 11.8 Å². The number of anilines is 1. The van der Waals surface area contributed by atoms with Crippen LogP contribution in [0.4, 0.5) is 5.82 Å². The Morgan fingerprint density at radius 3 is 2.89 bits per heavy atom. The first kappa shape index (κ1) is 19.2. The van der Waals surface area contributed by atoms with E-state index in [9.17, 15) is 10.1 Å². The summed E-state index contributed by atoms with van der Waals surface area (Å²) in [6.07, 6.45) is 3.61. The van der Waals surface area contributed by atoms with Gasteiger partial charge in [-0.15, -0.1) is 0 Å². The number of nitrogens with zero attached hydrogens (tertiary/aromatic N) is 3. The maximum atomic E-state index is 12.5. The van der Waals surface area contributed by atoms with Gasteiger partial charge in [0.05, 0.1) is 18.2 Å². The summed E-state index contributed by atoms with van der Waals surface area (Å²) in [5.41, 5.74) is 1.17. The van der Waals surface area contributed by atoms with Gasteiger partial charge in [-0.05, 0) is 65.0 Å². The number of carbonyl (C=O) groups excluding carboxylic acids is 1. The van der Waals surface area contributed by atoms with E-state index in [0.717, 1.165) is 36.2 Å². The van der Waals surface area contributed by atoms with Crippen molar-refractivity contribution in [1.29, 1.82) is 5.26 Å². The van der Waals surface area contributed by atoms with E-state index in [2.05, 4.69) is 37.2 Å². The second kappa shape index (κ2) is 8.87. The van der Waals surface area contributed by atoms with Crippen LogP contribution in [-0.2, 0) is 0 Å². The Kier molecular flexibility index (Phi) is 6.30. The number of rotatable bonds is 5. The summed E-state index contributed by atoms with van der Waals surface area (Å²) in [5.74, 6) is 1.70. The van der Waals surface area contributed by atoms with E-state index >= 15 is 0 Å². The average molecular weight is 429 g/mol. The fourth-order valence-electron chi connectivity index (χ4n) is 3.22. The van der Waals surface area contributed by atoms with Crippen LogP contribution in [0.5, 0.6) is 5.75 Å². The summed E-state index contributed by atoms with van der Waals surface area (Å²) in [7, 11) is 1.58. The number of halogens is 1. The number of hydrogen-bond acceptors (Lipinski definition) is 5. The summed E-state index contributed by atoms with van der Waals surface area (Å²) in [6.45, 7) is 2.29. The smallest absolute Gasteiger partial charge is 0.252 e. The van der Waals surface area contributed by atoms with Crippen LogP contribution in [0.15, 0.2) is 41.0 Å². The normalized spacial score (nSPS) is 14.5. The highest BCUT2D eigenvalue weighted by Gasteiger charge is 2.22. The molecule has 1 aliphatic rings. The molecule has 1 aliphatic heterocycles. The van der Waals surface area contributed by atoms with Gasteiger partial charge in [-0.25, -0.2) is 4.98 Å². The first-order valence-corrected chi connectivity index (χ1v) is 9.63. The third-order valence-electron chi connectivity index (χ3n) is 4.79. The van der Waals surface area contributed by atoms with Crippen LogP contribution in [-0.4, -0.2) is 37.6 Å². The molecule has 1 N–H and O–H groups in total. The molecule has 3 rings (SSSR count). The molecule has 2 aromatic rings. The van der Waals surface area contributed by atoms with Crippen molar-refractivity contribution in [3.63, 3.8) is 0 Å². The predicted octanol–water partition coefficient (Wildman–Crippen LogP) is 3.37. The zero-order valence-electron chi connectivity index (χ0n) is 15.1. The van der Waals surface area contributed by atoms with Crippen molar-refractivity contribution in [1.82, 2.24) is 10.3 Å². The van der Waals surface area contributed by atoms with Gasteiger partial charge in [0.1, 0.15) is 17.6 Å². The minimum atomic E-state index is -0.111. The average Bonchev–Trinajstić information content (AvgIpc) is 2.72. The highest BCUT2D eigenvalue weighted by Crippen LogP contribution is 2.25. The van der Waals surface area contributed by atoms with E-state index in [0.29, 0.717) is 29.3 Å². The van der Waals surface area contributed by atoms with Gasteiger partial charge in [-0.1, -0.05) is 0 Å². The summed E-state index contributed by atoms with van der Waals surface area (Å²) in [6, 6.07) is 11.1. The van der Waals surface area contributed by atoms with Crippen molar-refractivity contribution in [2.75, 3.05) is 31.6 Å². The number of methoxy groups -OCH3 is 1. The van der Waals surface area contributed by atoms with Crippen LogP contribution in [0.2, 0.25) is 0 Å². The highest BCUT2D eigenvalue weighted by atomic mass is 79.9. The van der Waals surface area contributed by atoms with Crippen LogP contribution in [0.3, 0.4) is 0 Å². The molecule has 140 valence electrons. The van der Waals surface area contributed by atoms with Gasteiger partial charge in [0.2, 0.25) is 0 Å². The molecule has 0 aliphatic carbocycles. The Hall–Kier alpha value is -2.59. The Balaban J connectivity index is 1.54. The van der Waals surface area contributed by atoms with Crippen molar-refractivity contribution < 1.29 is 9.53 Å². The molecule has 1 saturated heterocycles. The number of pyridine rings is 1. The molecule has 0 bridgehead atoms. The number of nitrogens with one attached hydrogen (secondary N) is 1. The second-order valence-corrected chi connectivity index (χ2v) is 7.33. The van der Waals surface area contributed by atoms with E-state index < -0.39 is 0 Å². The quantitative estimate of drug-likeness (QED) is 0.789. The summed E-state index contributed by atoms with van der Waals surface area (Å²) in [5, 5.41) is 12.3. The number of hydrogen-bond donors (Lipinski definition) is 1. The van der Waals surface area contributed by atoms with Crippen LogP contribution in [0, 0.1) is 17.2 Å². The van der Waals surface area contributed by atoms with Crippen LogP contribution in [0.25, 0.3) is 0 Å². The molecule has 0 radical (unpaired) electrons. The van der Waals surface area contributed by atoms with Crippen molar-refractivity contribution in [3.05, 3.63) is 52.1 Å². The summed E-state index contributed by atoms with van der Waals surface area (Å²) < 4.78 is 5.94. The monoisotopic (exact) mass is 428 g/mol. The van der Waals surface area contributed by atoms with Crippen molar-refractivity contribution >= 4 is 27.7 Å². The fraction of sp³-hybridized carbons (Fsp3) is 0.350. The molecule has 7 heteroatoms. The molecule has 0 saturated carbocycles. The minimum absolute atomic E-state index is 0.111. The minimum Gasteiger partial charge on any atom is -0.497 e. The first-order valence-electron chi connectivity index (χ1n) is 8.84. The predicted molar refractivity (Wildman–Crippen MR) is 107 cm³/mol. The van der Waals surface area contributed by atoms with Gasteiger partial charge in [-0.3, -0.25) is 4.79 Å². The van der Waals surface area contributed by atoms with E-state index in [1.165, 1.54) is 0 Å². The number of aromatic nitrogens is 1. The van der Waals surface area contributed by atoms with Gasteiger partial charge < -0.3 is 15.0 Å². The van der Waals surface area contributed by atoms with E-state index in [4.69, 9.17) is 4.74 Å². The molecule has 1 aromatic carbocycles. The van der Waals surface area contributed by atoms with Crippen molar-refractivity contribution in [2.45, 2.75) is 12.8 Å². The molecule has 0 unspecified atom stereocenters. The molecule has 1 amide bonds. The Morgan fingerprint density at radius 2 is 2.19 bits per heavy atom. The third-order valence-corrected chi connectivity index (χ3v) is 5.48. The van der Waals surface area contributed by atoms with Gasteiger partial charge in [0.15, 0.2) is 0 Å². The number of amides is 1. The highest BCUT2D eigenvalue weighted by molar-refractivity contribution is 9.10. The Bertz CT molecular complexity index is 857. The molecular weight excluding hydrogens is 408 g/mol. The van der Waals surface area contributed by atoms with Crippen LogP contribution < -0.4 is 15.0 Å². The van der Waals surface area contributed by atoms with Gasteiger partial charge in [0.25, 0.3) is 5.91 Å². The third kappa shape index (κ3) is 4.58. The van der Waals surface area contributed by atoms with Crippen molar-refractivity contribution in [2.24, 2.45) is 5.92 Å². The van der Waals surface area contributed by atoms with E-state index in [-0.39, 0.29) is 5.91 Å².